The van der Waals surface area contributed by atoms with Crippen LogP contribution in [0.1, 0.15) is 17.5 Å². The Morgan fingerprint density at radius 2 is 1.55 bits per heavy atom. The molecule has 3 heteroatoms. The van der Waals surface area contributed by atoms with Gasteiger partial charge in [0.15, 0.2) is 0 Å². The van der Waals surface area contributed by atoms with Gasteiger partial charge in [-0.2, -0.15) is 0 Å². The Labute approximate surface area is 118 Å². The molecule has 0 radical (unpaired) electrons. The summed E-state index contributed by atoms with van der Waals surface area (Å²) in [7, 11) is 0. The standard InChI is InChI=1S/C17H17NO2/c1-10-2-4-11(5-3-10)9-18-16(19)14-12-6-7-13(8-12)15(14)17(18)20/h2-7,12-15H,8-9H2,1H3/t12-,13-,14-,15-/m0/s1. The zero-order chi connectivity index (χ0) is 13.9. The molecule has 1 aromatic carbocycles. The Hall–Kier alpha value is -1.90. The van der Waals surface area contributed by atoms with Gasteiger partial charge in [-0.25, -0.2) is 0 Å². The van der Waals surface area contributed by atoms with E-state index < -0.39 is 0 Å². The normalized spacial score (nSPS) is 34.1. The second-order valence-electron chi connectivity index (χ2n) is 6.25. The SMILES string of the molecule is Cc1ccc(CN2C(=O)[C@@H]3[C@@H](C2=O)[C@H]2C=C[C@H]3C2)cc1. The largest absolute Gasteiger partial charge is 0.278 e. The van der Waals surface area contributed by atoms with Gasteiger partial charge in [0.1, 0.15) is 0 Å². The van der Waals surface area contributed by atoms with Gasteiger partial charge in [0.2, 0.25) is 11.8 Å². The van der Waals surface area contributed by atoms with Crippen LogP contribution >= 0.6 is 0 Å². The molecule has 0 spiro atoms. The first-order chi connectivity index (χ1) is 9.65. The van der Waals surface area contributed by atoms with Crippen LogP contribution in [0.15, 0.2) is 36.4 Å². The van der Waals surface area contributed by atoms with E-state index in [4.69, 9.17) is 0 Å². The van der Waals surface area contributed by atoms with Crippen molar-refractivity contribution in [2.75, 3.05) is 0 Å². The van der Waals surface area contributed by atoms with E-state index in [1.165, 1.54) is 10.5 Å². The van der Waals surface area contributed by atoms with Crippen LogP contribution in [-0.2, 0) is 16.1 Å². The average molecular weight is 267 g/mol. The molecule has 0 unspecified atom stereocenters. The van der Waals surface area contributed by atoms with E-state index >= 15 is 0 Å². The van der Waals surface area contributed by atoms with E-state index in [0.717, 1.165) is 12.0 Å². The molecule has 1 saturated heterocycles. The van der Waals surface area contributed by atoms with Crippen LogP contribution in [0.3, 0.4) is 0 Å². The highest BCUT2D eigenvalue weighted by atomic mass is 16.2. The molecule has 0 aromatic heterocycles. The lowest BCUT2D eigenvalue weighted by atomic mass is 9.85. The number of allylic oxidation sites excluding steroid dienone is 2. The van der Waals surface area contributed by atoms with Crippen LogP contribution in [0.4, 0.5) is 0 Å². The van der Waals surface area contributed by atoms with Crippen molar-refractivity contribution in [2.24, 2.45) is 23.7 Å². The maximum Gasteiger partial charge on any atom is 0.234 e. The summed E-state index contributed by atoms with van der Waals surface area (Å²) in [5.74, 6) is 0.509. The summed E-state index contributed by atoms with van der Waals surface area (Å²) in [6, 6.07) is 8.03. The lowest BCUT2D eigenvalue weighted by Gasteiger charge is -2.17. The number of amides is 2. The zero-order valence-corrected chi connectivity index (χ0v) is 11.5. The molecule has 0 N–H and O–H groups in total. The molecule has 102 valence electrons. The fraction of sp³-hybridized carbons (Fsp3) is 0.412. The van der Waals surface area contributed by atoms with Crippen LogP contribution in [0.25, 0.3) is 0 Å². The number of benzene rings is 1. The Bertz CT molecular complexity index is 586. The third-order valence-electron chi connectivity index (χ3n) is 5.02. The maximum absolute atomic E-state index is 12.5. The molecule has 1 saturated carbocycles. The molecule has 1 heterocycles. The predicted molar refractivity (Wildman–Crippen MR) is 74.5 cm³/mol. The summed E-state index contributed by atoms with van der Waals surface area (Å²) in [6.45, 7) is 2.45. The van der Waals surface area contributed by atoms with Gasteiger partial charge in [0.05, 0.1) is 18.4 Å². The highest BCUT2D eigenvalue weighted by molar-refractivity contribution is 6.06. The fourth-order valence-corrected chi connectivity index (χ4v) is 4.00. The van der Waals surface area contributed by atoms with Crippen LogP contribution in [-0.4, -0.2) is 16.7 Å². The smallest absolute Gasteiger partial charge is 0.234 e. The number of hydrogen-bond acceptors (Lipinski definition) is 2. The lowest BCUT2D eigenvalue weighted by molar-refractivity contribution is -0.141. The van der Waals surface area contributed by atoms with Gasteiger partial charge < -0.3 is 0 Å². The minimum absolute atomic E-state index is 0.0393. The van der Waals surface area contributed by atoms with Gasteiger partial charge >= 0.3 is 0 Å². The van der Waals surface area contributed by atoms with E-state index in [0.29, 0.717) is 18.4 Å². The Morgan fingerprint density at radius 3 is 2.10 bits per heavy atom. The van der Waals surface area contributed by atoms with Crippen LogP contribution in [0.2, 0.25) is 0 Å². The van der Waals surface area contributed by atoms with Gasteiger partial charge in [0.25, 0.3) is 0 Å². The molecular formula is C17H17NO2. The minimum Gasteiger partial charge on any atom is -0.278 e. The molecular weight excluding hydrogens is 250 g/mol. The number of imide groups is 1. The molecule has 3 aliphatic rings. The molecule has 20 heavy (non-hydrogen) atoms. The molecule has 4 rings (SSSR count). The van der Waals surface area contributed by atoms with E-state index in [1.54, 1.807) is 0 Å². The van der Waals surface area contributed by atoms with Crippen molar-refractivity contribution < 1.29 is 9.59 Å². The first-order valence-electron chi connectivity index (χ1n) is 7.24. The highest BCUT2D eigenvalue weighted by Crippen LogP contribution is 2.52. The van der Waals surface area contributed by atoms with Crippen LogP contribution < -0.4 is 0 Å². The van der Waals surface area contributed by atoms with Gasteiger partial charge in [-0.3, -0.25) is 14.5 Å². The topological polar surface area (TPSA) is 37.4 Å². The number of hydrogen-bond donors (Lipinski definition) is 0. The molecule has 1 aliphatic heterocycles. The number of likely N-dealkylation sites (tertiary alicyclic amines) is 1. The first-order valence-corrected chi connectivity index (χ1v) is 7.24. The first kappa shape index (κ1) is 11.9. The van der Waals surface area contributed by atoms with E-state index in [2.05, 4.69) is 12.2 Å². The molecule has 3 nitrogen and oxygen atoms in total. The third-order valence-corrected chi connectivity index (χ3v) is 5.02. The van der Waals surface area contributed by atoms with Crippen LogP contribution in [0.5, 0.6) is 0 Å². The second-order valence-corrected chi connectivity index (χ2v) is 6.25. The van der Waals surface area contributed by atoms with Crippen molar-refractivity contribution in [1.29, 1.82) is 0 Å². The van der Waals surface area contributed by atoms with E-state index in [-0.39, 0.29) is 23.7 Å². The van der Waals surface area contributed by atoms with E-state index in [9.17, 15) is 9.59 Å². The van der Waals surface area contributed by atoms with Gasteiger partial charge in [-0.05, 0) is 30.7 Å². The summed E-state index contributed by atoms with van der Waals surface area (Å²) in [6.07, 6.45) is 5.25. The summed E-state index contributed by atoms with van der Waals surface area (Å²) in [4.78, 5) is 26.5. The maximum atomic E-state index is 12.5. The Balaban J connectivity index is 1.60. The van der Waals surface area contributed by atoms with Crippen molar-refractivity contribution in [1.82, 2.24) is 4.90 Å². The summed E-state index contributed by atoms with van der Waals surface area (Å²) >= 11 is 0. The Kier molecular flexibility index (Phi) is 2.40. The second kappa shape index (κ2) is 4.05. The minimum atomic E-state index is -0.0806. The number of nitrogens with zero attached hydrogens (tertiary/aromatic N) is 1. The lowest BCUT2D eigenvalue weighted by Crippen LogP contribution is -2.32. The van der Waals surface area contributed by atoms with Crippen molar-refractivity contribution >= 4 is 11.8 Å². The quantitative estimate of drug-likeness (QED) is 0.609. The van der Waals surface area contributed by atoms with Gasteiger partial charge in [-0.1, -0.05) is 42.0 Å². The van der Waals surface area contributed by atoms with Gasteiger partial charge in [0, 0.05) is 0 Å². The summed E-state index contributed by atoms with van der Waals surface area (Å²) < 4.78 is 0. The fourth-order valence-electron chi connectivity index (χ4n) is 4.00. The summed E-state index contributed by atoms with van der Waals surface area (Å²) in [5, 5.41) is 0. The predicted octanol–water partition coefficient (Wildman–Crippen LogP) is 2.30. The molecule has 1 aromatic rings. The molecule has 2 aliphatic carbocycles. The molecule has 2 bridgehead atoms. The molecule has 2 fully saturated rings. The van der Waals surface area contributed by atoms with Crippen molar-refractivity contribution in [3.63, 3.8) is 0 Å². The number of carbonyl (C=O) groups is 2. The van der Waals surface area contributed by atoms with Crippen LogP contribution in [0, 0.1) is 30.6 Å². The van der Waals surface area contributed by atoms with Gasteiger partial charge in [-0.15, -0.1) is 0 Å². The number of fused-ring (bicyclic) bond motifs is 5. The number of rotatable bonds is 2. The molecule has 2 amide bonds. The number of carbonyl (C=O) groups excluding carboxylic acids is 2. The van der Waals surface area contributed by atoms with Crippen molar-refractivity contribution in [3.8, 4) is 0 Å². The Morgan fingerprint density at radius 1 is 1.00 bits per heavy atom. The van der Waals surface area contributed by atoms with Crippen molar-refractivity contribution in [2.45, 2.75) is 19.9 Å². The summed E-state index contributed by atoms with van der Waals surface area (Å²) in [5.41, 5.74) is 2.21. The molecule has 4 atom stereocenters. The monoisotopic (exact) mass is 267 g/mol. The highest BCUT2D eigenvalue weighted by Gasteiger charge is 2.59. The number of aryl methyl sites for hydroxylation is 1. The average Bonchev–Trinajstić information content (AvgIpc) is 3.11. The third kappa shape index (κ3) is 1.52. The van der Waals surface area contributed by atoms with E-state index in [1.807, 2.05) is 31.2 Å². The van der Waals surface area contributed by atoms with Crippen molar-refractivity contribution in [3.05, 3.63) is 47.5 Å². The zero-order valence-electron chi connectivity index (χ0n) is 11.5.